The van der Waals surface area contributed by atoms with Gasteiger partial charge in [0.25, 0.3) is 10.0 Å². The van der Waals surface area contributed by atoms with Gasteiger partial charge in [-0.15, -0.1) is 0 Å². The number of nitrogens with zero attached hydrogens (tertiary/aromatic N) is 2. The van der Waals surface area contributed by atoms with E-state index in [-0.39, 0.29) is 35.5 Å². The molecule has 4 aromatic rings. The maximum Gasteiger partial charge on any atom is 0.264 e. The van der Waals surface area contributed by atoms with Crippen LogP contribution in [-0.2, 0) is 32.6 Å². The molecule has 0 spiro atoms. The molecule has 1 aliphatic carbocycles. The molecule has 0 aliphatic heterocycles. The van der Waals surface area contributed by atoms with Crippen molar-refractivity contribution in [2.75, 3.05) is 10.8 Å². The molecule has 0 heterocycles. The number of hydrogen-bond acceptors (Lipinski definition) is 4. The summed E-state index contributed by atoms with van der Waals surface area (Å²) in [6, 6.07) is 28.2. The zero-order valence-corrected chi connectivity index (χ0v) is 27.0. The lowest BCUT2D eigenvalue weighted by molar-refractivity contribution is -0.140. The Morgan fingerprint density at radius 1 is 0.804 bits per heavy atom. The first-order valence-electron chi connectivity index (χ1n) is 15.4. The SMILES string of the molecule is O=C(NC1CCCCC1)[C@H](Cc1ccccc1)N(Cc1ccc(Cl)cc1)C(=O)CN(c1ccc(F)cc1)S(=O)(=O)c1ccccc1. The summed E-state index contributed by atoms with van der Waals surface area (Å²) < 4.78 is 42.9. The third kappa shape index (κ3) is 8.53. The van der Waals surface area contributed by atoms with Crippen molar-refractivity contribution in [3.05, 3.63) is 131 Å². The van der Waals surface area contributed by atoms with E-state index in [4.69, 9.17) is 11.6 Å². The minimum atomic E-state index is -4.26. The highest BCUT2D eigenvalue weighted by Crippen LogP contribution is 2.26. The highest BCUT2D eigenvalue weighted by atomic mass is 35.5. The third-order valence-corrected chi connectivity index (χ3v) is 10.3. The number of sulfonamides is 1. The van der Waals surface area contributed by atoms with Gasteiger partial charge in [0, 0.05) is 24.0 Å². The summed E-state index contributed by atoms with van der Waals surface area (Å²) >= 11 is 6.15. The van der Waals surface area contributed by atoms with E-state index < -0.39 is 34.3 Å². The van der Waals surface area contributed by atoms with Crippen molar-refractivity contribution in [1.29, 1.82) is 0 Å². The Kier molecular flexibility index (Phi) is 11.1. The van der Waals surface area contributed by atoms with E-state index in [0.29, 0.717) is 5.02 Å². The summed E-state index contributed by atoms with van der Waals surface area (Å²) in [6.07, 6.45) is 5.11. The summed E-state index contributed by atoms with van der Waals surface area (Å²) in [5.41, 5.74) is 1.70. The first kappa shape index (κ1) is 33.2. The number of nitrogens with one attached hydrogen (secondary N) is 1. The number of anilines is 1. The molecular formula is C36H37ClFN3O4S. The number of rotatable bonds is 12. The molecule has 240 valence electrons. The van der Waals surface area contributed by atoms with Crippen molar-refractivity contribution in [2.24, 2.45) is 0 Å². The van der Waals surface area contributed by atoms with E-state index in [1.165, 1.54) is 29.2 Å². The molecule has 7 nitrogen and oxygen atoms in total. The van der Waals surface area contributed by atoms with E-state index >= 15 is 0 Å². The van der Waals surface area contributed by atoms with Crippen molar-refractivity contribution < 1.29 is 22.4 Å². The summed E-state index contributed by atoms with van der Waals surface area (Å²) in [7, 11) is -4.26. The van der Waals surface area contributed by atoms with Crippen LogP contribution in [0.4, 0.5) is 10.1 Å². The summed E-state index contributed by atoms with van der Waals surface area (Å²) in [5, 5.41) is 3.71. The van der Waals surface area contributed by atoms with Crippen LogP contribution in [0, 0.1) is 5.82 Å². The Morgan fingerprint density at radius 3 is 2.04 bits per heavy atom. The first-order valence-corrected chi connectivity index (χ1v) is 17.2. The normalized spacial score (nSPS) is 14.3. The van der Waals surface area contributed by atoms with Gasteiger partial charge in [-0.1, -0.05) is 91.5 Å². The van der Waals surface area contributed by atoms with Gasteiger partial charge in [-0.3, -0.25) is 13.9 Å². The van der Waals surface area contributed by atoms with E-state index in [0.717, 1.165) is 59.7 Å². The minimum Gasteiger partial charge on any atom is -0.352 e. The van der Waals surface area contributed by atoms with E-state index in [9.17, 15) is 22.4 Å². The van der Waals surface area contributed by atoms with Crippen LogP contribution in [0.15, 0.2) is 114 Å². The van der Waals surface area contributed by atoms with Crippen LogP contribution in [0.25, 0.3) is 0 Å². The predicted octanol–water partition coefficient (Wildman–Crippen LogP) is 6.76. The number of hydrogen-bond donors (Lipinski definition) is 1. The van der Waals surface area contributed by atoms with Crippen molar-refractivity contribution in [1.82, 2.24) is 10.2 Å². The molecule has 1 fully saturated rings. The van der Waals surface area contributed by atoms with Crippen LogP contribution in [0.3, 0.4) is 0 Å². The first-order chi connectivity index (χ1) is 22.2. The van der Waals surface area contributed by atoms with Gasteiger partial charge >= 0.3 is 0 Å². The topological polar surface area (TPSA) is 86.8 Å². The maximum atomic E-state index is 14.5. The molecule has 4 aromatic carbocycles. The minimum absolute atomic E-state index is 0.00109. The molecule has 1 atom stereocenters. The van der Waals surface area contributed by atoms with E-state index in [1.807, 2.05) is 30.3 Å². The van der Waals surface area contributed by atoms with Gasteiger partial charge in [0.05, 0.1) is 10.6 Å². The molecule has 0 bridgehead atoms. The Labute approximate surface area is 275 Å². The second-order valence-corrected chi connectivity index (χ2v) is 13.8. The molecule has 1 N–H and O–H groups in total. The molecule has 1 saturated carbocycles. The molecule has 0 radical (unpaired) electrons. The molecule has 0 unspecified atom stereocenters. The van der Waals surface area contributed by atoms with Gasteiger partial charge in [-0.25, -0.2) is 12.8 Å². The Bertz CT molecular complexity index is 1700. The van der Waals surface area contributed by atoms with Crippen molar-refractivity contribution >= 4 is 39.1 Å². The Morgan fingerprint density at radius 2 is 1.41 bits per heavy atom. The average molecular weight is 662 g/mol. The highest BCUT2D eigenvalue weighted by Gasteiger charge is 2.35. The molecule has 46 heavy (non-hydrogen) atoms. The van der Waals surface area contributed by atoms with Crippen molar-refractivity contribution in [3.63, 3.8) is 0 Å². The van der Waals surface area contributed by atoms with Gasteiger partial charge in [-0.2, -0.15) is 0 Å². The van der Waals surface area contributed by atoms with Crippen LogP contribution < -0.4 is 9.62 Å². The Hall–Kier alpha value is -4.21. The molecule has 0 saturated heterocycles. The smallest absolute Gasteiger partial charge is 0.264 e. The van der Waals surface area contributed by atoms with E-state index in [2.05, 4.69) is 5.32 Å². The zero-order valence-electron chi connectivity index (χ0n) is 25.4. The lowest BCUT2D eigenvalue weighted by Gasteiger charge is -2.35. The molecule has 0 aromatic heterocycles. The van der Waals surface area contributed by atoms with Crippen LogP contribution >= 0.6 is 11.6 Å². The molecule has 5 rings (SSSR count). The molecule has 10 heteroatoms. The molecule has 1 aliphatic rings. The second kappa shape index (κ2) is 15.4. The monoisotopic (exact) mass is 661 g/mol. The van der Waals surface area contributed by atoms with Crippen LogP contribution in [-0.4, -0.2) is 43.8 Å². The van der Waals surface area contributed by atoms with Gasteiger partial charge in [0.15, 0.2) is 0 Å². The zero-order chi connectivity index (χ0) is 32.5. The summed E-state index contributed by atoms with van der Waals surface area (Å²) in [4.78, 5) is 30.1. The van der Waals surface area contributed by atoms with Crippen LogP contribution in [0.2, 0.25) is 5.02 Å². The average Bonchev–Trinajstić information content (AvgIpc) is 3.07. The van der Waals surface area contributed by atoms with Gasteiger partial charge in [0.2, 0.25) is 11.8 Å². The van der Waals surface area contributed by atoms with Gasteiger partial charge < -0.3 is 10.2 Å². The number of benzene rings is 4. The van der Waals surface area contributed by atoms with Crippen molar-refractivity contribution in [3.8, 4) is 0 Å². The fraction of sp³-hybridized carbons (Fsp3) is 0.278. The van der Waals surface area contributed by atoms with Crippen LogP contribution in [0.1, 0.15) is 43.2 Å². The highest BCUT2D eigenvalue weighted by molar-refractivity contribution is 7.92. The van der Waals surface area contributed by atoms with Crippen LogP contribution in [0.5, 0.6) is 0 Å². The lowest BCUT2D eigenvalue weighted by Crippen LogP contribution is -2.55. The number of carbonyl (C=O) groups is 2. The standard InChI is InChI=1S/C36H37ClFN3O4S/c37-29-18-16-28(17-19-29)25-40(34(24-27-10-4-1-5-11-27)36(43)39-31-12-6-2-7-13-31)35(42)26-41(32-22-20-30(38)21-23-32)46(44,45)33-14-8-3-9-15-33/h1,3-5,8-11,14-23,31,34H,2,6-7,12-13,24-26H2,(H,39,43)/t34-/m0/s1. The van der Waals surface area contributed by atoms with Crippen molar-refractivity contribution in [2.45, 2.75) is 62.0 Å². The maximum absolute atomic E-state index is 14.5. The quantitative estimate of drug-likeness (QED) is 0.182. The number of halogens is 2. The second-order valence-electron chi connectivity index (χ2n) is 11.5. The summed E-state index contributed by atoms with van der Waals surface area (Å²) in [6.45, 7) is -0.577. The predicted molar refractivity (Wildman–Crippen MR) is 178 cm³/mol. The lowest BCUT2D eigenvalue weighted by atomic mass is 9.94. The molecule has 2 amide bonds. The fourth-order valence-electron chi connectivity index (χ4n) is 5.74. The largest absolute Gasteiger partial charge is 0.352 e. The summed E-state index contributed by atoms with van der Waals surface area (Å²) in [5.74, 6) is -1.42. The molecular weight excluding hydrogens is 625 g/mol. The van der Waals surface area contributed by atoms with Gasteiger partial charge in [0.1, 0.15) is 18.4 Å². The van der Waals surface area contributed by atoms with E-state index in [1.54, 1.807) is 42.5 Å². The third-order valence-electron chi connectivity index (χ3n) is 8.21. The van der Waals surface area contributed by atoms with Gasteiger partial charge in [-0.05, 0) is 72.5 Å². The fourth-order valence-corrected chi connectivity index (χ4v) is 7.30. The Balaban J connectivity index is 1.55. The number of amides is 2. The number of carbonyl (C=O) groups excluding carboxylic acids is 2.